The number of amides is 1. The van der Waals surface area contributed by atoms with Crippen LogP contribution in [0.2, 0.25) is 0 Å². The van der Waals surface area contributed by atoms with Crippen LogP contribution in [0.25, 0.3) is 5.76 Å². The van der Waals surface area contributed by atoms with Crippen molar-refractivity contribution in [3.05, 3.63) is 85.5 Å². The molecule has 33 heavy (non-hydrogen) atoms. The van der Waals surface area contributed by atoms with Gasteiger partial charge in [0.25, 0.3) is 23.1 Å². The fourth-order valence-electron chi connectivity index (χ4n) is 3.49. The van der Waals surface area contributed by atoms with E-state index in [2.05, 4.69) is 0 Å². The molecule has 2 N–H and O–H groups in total. The first-order chi connectivity index (χ1) is 15.8. The van der Waals surface area contributed by atoms with Crippen LogP contribution in [0.4, 0.5) is 11.4 Å². The maximum Gasteiger partial charge on any atom is 0.295 e. The van der Waals surface area contributed by atoms with Gasteiger partial charge >= 0.3 is 0 Å². The Morgan fingerprint density at radius 1 is 1.00 bits per heavy atom. The molecule has 0 radical (unpaired) electrons. The highest BCUT2D eigenvalue weighted by molar-refractivity contribution is 6.46. The number of nitro groups is 2. The van der Waals surface area contributed by atoms with Gasteiger partial charge in [0, 0.05) is 36.4 Å². The van der Waals surface area contributed by atoms with Gasteiger partial charge < -0.3 is 19.8 Å². The second kappa shape index (κ2) is 9.97. The van der Waals surface area contributed by atoms with Crippen molar-refractivity contribution in [2.45, 2.75) is 6.04 Å². The number of ketones is 1. The number of nitro benzene ring substituents is 2. The molecule has 2 aromatic carbocycles. The number of aliphatic hydroxyl groups excluding tert-OH is 2. The summed E-state index contributed by atoms with van der Waals surface area (Å²) in [6.45, 7) is -0.316. The summed E-state index contributed by atoms with van der Waals surface area (Å²) in [5, 5.41) is 41.9. The second-order valence-electron chi connectivity index (χ2n) is 6.98. The number of rotatable bonds is 9. The standard InChI is InChI=1S/C21H19N3O9/c25-9-11-33-10-8-22-18(13-4-6-15(7-5-13)23(29)30)17(20(27)21(22)28)19(26)14-2-1-3-16(12-14)24(31)32/h1-7,12,18,25-26H,8-11H2/b19-17+/t18-/m0/s1. The highest BCUT2D eigenvalue weighted by Gasteiger charge is 2.46. The SMILES string of the molecule is O=C1C(=O)N(CCOCCO)[C@@H](c2ccc([N+](=O)[O-])cc2)/C1=C(\O)c1cccc([N+](=O)[O-])c1. The summed E-state index contributed by atoms with van der Waals surface area (Å²) in [6.07, 6.45) is 0. The number of likely N-dealkylation sites (tertiary alicyclic amines) is 1. The Balaban J connectivity index is 2.10. The first-order valence-corrected chi connectivity index (χ1v) is 9.72. The van der Waals surface area contributed by atoms with E-state index in [1.165, 1.54) is 42.5 Å². The molecule has 0 saturated carbocycles. The van der Waals surface area contributed by atoms with E-state index >= 15 is 0 Å². The first kappa shape index (κ1) is 23.5. The number of benzene rings is 2. The van der Waals surface area contributed by atoms with E-state index < -0.39 is 33.3 Å². The zero-order chi connectivity index (χ0) is 24.1. The lowest BCUT2D eigenvalue weighted by atomic mass is 9.95. The van der Waals surface area contributed by atoms with Gasteiger partial charge in [0.15, 0.2) is 0 Å². The number of nitrogens with zero attached hydrogens (tertiary/aromatic N) is 3. The van der Waals surface area contributed by atoms with Gasteiger partial charge in [-0.2, -0.15) is 0 Å². The van der Waals surface area contributed by atoms with Gasteiger partial charge in [-0.1, -0.05) is 12.1 Å². The third-order valence-electron chi connectivity index (χ3n) is 5.00. The van der Waals surface area contributed by atoms with Crippen LogP contribution in [0.1, 0.15) is 17.2 Å². The molecule has 172 valence electrons. The molecule has 0 aromatic heterocycles. The van der Waals surface area contributed by atoms with Crippen molar-refractivity contribution >= 4 is 28.8 Å². The Morgan fingerprint density at radius 3 is 2.27 bits per heavy atom. The quantitative estimate of drug-likeness (QED) is 0.142. The third-order valence-corrected chi connectivity index (χ3v) is 5.00. The van der Waals surface area contributed by atoms with E-state index in [4.69, 9.17) is 9.84 Å². The summed E-state index contributed by atoms with van der Waals surface area (Å²) in [5.74, 6) is -2.55. The van der Waals surface area contributed by atoms with E-state index in [1.54, 1.807) is 0 Å². The fourth-order valence-corrected chi connectivity index (χ4v) is 3.49. The molecule has 1 aliphatic rings. The zero-order valence-electron chi connectivity index (χ0n) is 17.1. The molecule has 1 atom stereocenters. The fraction of sp³-hybridized carbons (Fsp3) is 0.238. The number of carbonyl (C=O) groups is 2. The van der Waals surface area contributed by atoms with Crippen LogP contribution in [0, 0.1) is 20.2 Å². The number of aliphatic hydroxyl groups is 2. The zero-order valence-corrected chi connectivity index (χ0v) is 17.1. The molecule has 1 aliphatic heterocycles. The molecule has 3 rings (SSSR count). The van der Waals surface area contributed by atoms with Gasteiger partial charge in [-0.15, -0.1) is 0 Å². The Kier molecular flexibility index (Phi) is 7.10. The van der Waals surface area contributed by atoms with Crippen LogP contribution < -0.4 is 0 Å². The molecule has 1 amide bonds. The van der Waals surface area contributed by atoms with Crippen molar-refractivity contribution in [3.63, 3.8) is 0 Å². The van der Waals surface area contributed by atoms with Gasteiger partial charge in [-0.3, -0.25) is 29.8 Å². The minimum Gasteiger partial charge on any atom is -0.507 e. The van der Waals surface area contributed by atoms with E-state index in [0.29, 0.717) is 5.56 Å². The maximum atomic E-state index is 12.9. The maximum absolute atomic E-state index is 12.9. The lowest BCUT2D eigenvalue weighted by Gasteiger charge is -2.25. The second-order valence-corrected chi connectivity index (χ2v) is 6.98. The number of hydrogen-bond acceptors (Lipinski definition) is 9. The molecular formula is C21H19N3O9. The molecule has 2 aromatic rings. The van der Waals surface area contributed by atoms with Crippen molar-refractivity contribution in [3.8, 4) is 0 Å². The average molecular weight is 457 g/mol. The topological polar surface area (TPSA) is 173 Å². The lowest BCUT2D eigenvalue weighted by Crippen LogP contribution is -2.33. The molecule has 1 fully saturated rings. The van der Waals surface area contributed by atoms with E-state index in [1.807, 2.05) is 0 Å². The summed E-state index contributed by atoms with van der Waals surface area (Å²) < 4.78 is 5.19. The molecule has 1 heterocycles. The van der Waals surface area contributed by atoms with Gasteiger partial charge in [-0.25, -0.2) is 0 Å². The largest absolute Gasteiger partial charge is 0.507 e. The van der Waals surface area contributed by atoms with Gasteiger partial charge in [0.1, 0.15) is 5.76 Å². The number of carbonyl (C=O) groups excluding carboxylic acids is 2. The highest BCUT2D eigenvalue weighted by atomic mass is 16.6. The molecule has 12 heteroatoms. The molecule has 0 spiro atoms. The van der Waals surface area contributed by atoms with Crippen LogP contribution in [0.3, 0.4) is 0 Å². The molecule has 0 bridgehead atoms. The Morgan fingerprint density at radius 2 is 1.67 bits per heavy atom. The number of Topliss-reactive ketones (excluding diaryl/α,β-unsaturated/α-hetero) is 1. The normalized spacial score (nSPS) is 17.4. The summed E-state index contributed by atoms with van der Waals surface area (Å²) in [6, 6.07) is 8.97. The number of ether oxygens (including phenoxy) is 1. The molecular weight excluding hydrogens is 438 g/mol. The van der Waals surface area contributed by atoms with E-state index in [9.17, 15) is 34.9 Å². The van der Waals surface area contributed by atoms with Crippen LogP contribution >= 0.6 is 0 Å². The average Bonchev–Trinajstić information content (AvgIpc) is 3.06. The van der Waals surface area contributed by atoms with Gasteiger partial charge in [0.2, 0.25) is 0 Å². The Labute approximate surface area is 186 Å². The Bertz CT molecular complexity index is 1130. The van der Waals surface area contributed by atoms with Crippen LogP contribution in [0.5, 0.6) is 0 Å². The predicted molar refractivity (Wildman–Crippen MR) is 113 cm³/mol. The third kappa shape index (κ3) is 4.86. The minimum atomic E-state index is -1.11. The van der Waals surface area contributed by atoms with Crippen molar-refractivity contribution < 1.29 is 34.4 Å². The lowest BCUT2D eigenvalue weighted by molar-refractivity contribution is -0.385. The Hall–Kier alpha value is -4.16. The van der Waals surface area contributed by atoms with E-state index in [0.717, 1.165) is 11.0 Å². The molecule has 0 aliphatic carbocycles. The monoisotopic (exact) mass is 457 g/mol. The van der Waals surface area contributed by atoms with Crippen molar-refractivity contribution in [2.24, 2.45) is 0 Å². The van der Waals surface area contributed by atoms with Crippen LogP contribution in [-0.4, -0.2) is 63.0 Å². The highest BCUT2D eigenvalue weighted by Crippen LogP contribution is 2.40. The van der Waals surface area contributed by atoms with Gasteiger partial charge in [0.05, 0.1) is 41.3 Å². The number of non-ortho nitro benzene ring substituents is 2. The summed E-state index contributed by atoms with van der Waals surface area (Å²) >= 11 is 0. The predicted octanol–water partition coefficient (Wildman–Crippen LogP) is 1.93. The molecule has 0 unspecified atom stereocenters. The van der Waals surface area contributed by atoms with Crippen molar-refractivity contribution in [1.82, 2.24) is 4.90 Å². The molecule has 1 saturated heterocycles. The van der Waals surface area contributed by atoms with Crippen molar-refractivity contribution in [1.29, 1.82) is 0 Å². The van der Waals surface area contributed by atoms with Gasteiger partial charge in [-0.05, 0) is 17.7 Å². The smallest absolute Gasteiger partial charge is 0.295 e. The summed E-state index contributed by atoms with van der Waals surface area (Å²) in [4.78, 5) is 47.6. The van der Waals surface area contributed by atoms with Crippen LogP contribution in [0.15, 0.2) is 54.1 Å². The van der Waals surface area contributed by atoms with Crippen molar-refractivity contribution in [2.75, 3.05) is 26.4 Å². The number of hydrogen-bond donors (Lipinski definition) is 2. The van der Waals surface area contributed by atoms with Crippen LogP contribution in [-0.2, 0) is 14.3 Å². The summed E-state index contributed by atoms with van der Waals surface area (Å²) in [7, 11) is 0. The minimum absolute atomic E-state index is 0.0137. The molecule has 12 nitrogen and oxygen atoms in total. The first-order valence-electron chi connectivity index (χ1n) is 9.72. The van der Waals surface area contributed by atoms with E-state index in [-0.39, 0.29) is 48.9 Å². The summed E-state index contributed by atoms with van der Waals surface area (Å²) in [5.41, 5.74) is -0.561.